The van der Waals surface area contributed by atoms with Gasteiger partial charge in [0.1, 0.15) is 6.04 Å². The molecule has 0 aliphatic carbocycles. The summed E-state index contributed by atoms with van der Waals surface area (Å²) in [6, 6.07) is 9.81. The summed E-state index contributed by atoms with van der Waals surface area (Å²) in [6.07, 6.45) is 9.61. The van der Waals surface area contributed by atoms with Gasteiger partial charge in [-0.15, -0.1) is 0 Å². The zero-order valence-electron chi connectivity index (χ0n) is 18.6. The van der Waals surface area contributed by atoms with Crippen LogP contribution in [0.1, 0.15) is 48.4 Å². The Labute approximate surface area is 189 Å². The van der Waals surface area contributed by atoms with Crippen LogP contribution in [-0.2, 0) is 17.8 Å². The van der Waals surface area contributed by atoms with E-state index in [4.69, 9.17) is 0 Å². The topological polar surface area (TPSA) is 77.2 Å². The van der Waals surface area contributed by atoms with Gasteiger partial charge in [-0.05, 0) is 68.6 Å². The lowest BCUT2D eigenvalue weighted by atomic mass is 9.97. The fraction of sp³-hybridized carbons (Fsp3) is 0.480. The SMILES string of the molecule is O=C(C(NCCCN1CCCCC1)c1ccccc1)N1CCc2c(cnc3[nH]ncc23)C1. The van der Waals surface area contributed by atoms with Crippen LogP contribution in [-0.4, -0.2) is 63.6 Å². The Morgan fingerprint density at radius 2 is 1.94 bits per heavy atom. The molecule has 4 heterocycles. The predicted molar refractivity (Wildman–Crippen MR) is 125 cm³/mol. The van der Waals surface area contributed by atoms with E-state index in [9.17, 15) is 4.79 Å². The number of carbonyl (C=O) groups excluding carboxylic acids is 1. The molecular formula is C25H32N6O. The van der Waals surface area contributed by atoms with Crippen LogP contribution in [0.25, 0.3) is 11.0 Å². The molecule has 0 spiro atoms. The van der Waals surface area contributed by atoms with Crippen molar-refractivity contribution in [3.63, 3.8) is 0 Å². The summed E-state index contributed by atoms with van der Waals surface area (Å²) in [5, 5.41) is 11.7. The molecule has 0 saturated carbocycles. The molecule has 5 rings (SSSR count). The van der Waals surface area contributed by atoms with Gasteiger partial charge in [-0.2, -0.15) is 5.10 Å². The van der Waals surface area contributed by atoms with Gasteiger partial charge >= 0.3 is 0 Å². The van der Waals surface area contributed by atoms with Gasteiger partial charge in [-0.25, -0.2) is 4.98 Å². The van der Waals surface area contributed by atoms with Crippen LogP contribution in [0.15, 0.2) is 42.7 Å². The van der Waals surface area contributed by atoms with Gasteiger partial charge in [0.25, 0.3) is 0 Å². The molecule has 2 aromatic heterocycles. The smallest absolute Gasteiger partial charge is 0.244 e. The quantitative estimate of drug-likeness (QED) is 0.561. The van der Waals surface area contributed by atoms with E-state index in [1.165, 1.54) is 37.9 Å². The third-order valence-electron chi connectivity index (χ3n) is 6.81. The summed E-state index contributed by atoms with van der Waals surface area (Å²) in [6.45, 7) is 5.68. The maximum Gasteiger partial charge on any atom is 0.244 e. The molecule has 2 aliphatic heterocycles. The number of aromatic amines is 1. The number of amides is 1. The minimum Gasteiger partial charge on any atom is -0.336 e. The Balaban J connectivity index is 1.26. The molecule has 32 heavy (non-hydrogen) atoms. The van der Waals surface area contributed by atoms with E-state index >= 15 is 0 Å². The Hall–Kier alpha value is -2.77. The standard InChI is InChI=1S/C25H32N6O/c32-25(31-15-10-21-20(18-31)16-27-24-22(21)17-28-29-24)23(19-8-3-1-4-9-19)26-11-7-14-30-12-5-2-6-13-30/h1,3-4,8-9,16-17,23,26H,2,5-7,10-15,18H2,(H,27,28,29). The maximum absolute atomic E-state index is 13.6. The lowest BCUT2D eigenvalue weighted by Gasteiger charge is -2.32. The summed E-state index contributed by atoms with van der Waals surface area (Å²) < 4.78 is 0. The lowest BCUT2D eigenvalue weighted by molar-refractivity contribution is -0.134. The van der Waals surface area contributed by atoms with Crippen LogP contribution < -0.4 is 5.32 Å². The molecular weight excluding hydrogens is 400 g/mol. The first-order valence-electron chi connectivity index (χ1n) is 11.9. The largest absolute Gasteiger partial charge is 0.336 e. The number of nitrogens with one attached hydrogen (secondary N) is 2. The number of pyridine rings is 1. The number of likely N-dealkylation sites (tertiary alicyclic amines) is 1. The van der Waals surface area contributed by atoms with Crippen molar-refractivity contribution in [2.45, 2.75) is 44.7 Å². The van der Waals surface area contributed by atoms with E-state index < -0.39 is 0 Å². The van der Waals surface area contributed by atoms with Crippen molar-refractivity contribution < 1.29 is 4.79 Å². The minimum absolute atomic E-state index is 0.145. The van der Waals surface area contributed by atoms with E-state index in [1.54, 1.807) is 0 Å². The molecule has 0 bridgehead atoms. The predicted octanol–water partition coefficient (Wildman–Crippen LogP) is 3.05. The van der Waals surface area contributed by atoms with Crippen molar-refractivity contribution in [2.75, 3.05) is 32.7 Å². The van der Waals surface area contributed by atoms with Crippen LogP contribution in [0.4, 0.5) is 0 Å². The number of fused-ring (bicyclic) bond motifs is 3. The highest BCUT2D eigenvalue weighted by molar-refractivity contribution is 5.85. The summed E-state index contributed by atoms with van der Waals surface area (Å²) in [5.41, 5.74) is 4.24. The number of piperidine rings is 1. The minimum atomic E-state index is -0.315. The molecule has 1 unspecified atom stereocenters. The van der Waals surface area contributed by atoms with E-state index in [0.717, 1.165) is 54.6 Å². The average molecular weight is 433 g/mol. The number of carbonyl (C=O) groups is 1. The molecule has 1 amide bonds. The number of rotatable bonds is 7. The molecule has 7 heteroatoms. The van der Waals surface area contributed by atoms with Crippen molar-refractivity contribution in [3.05, 3.63) is 59.4 Å². The van der Waals surface area contributed by atoms with Crippen LogP contribution in [0.2, 0.25) is 0 Å². The highest BCUT2D eigenvalue weighted by Gasteiger charge is 2.29. The lowest BCUT2D eigenvalue weighted by Crippen LogP contribution is -2.44. The zero-order valence-corrected chi connectivity index (χ0v) is 18.6. The van der Waals surface area contributed by atoms with Crippen molar-refractivity contribution >= 4 is 16.9 Å². The second kappa shape index (κ2) is 9.79. The number of hydrogen-bond acceptors (Lipinski definition) is 5. The van der Waals surface area contributed by atoms with Crippen LogP contribution in [0.5, 0.6) is 0 Å². The molecule has 3 aromatic rings. The molecule has 1 atom stereocenters. The van der Waals surface area contributed by atoms with Gasteiger partial charge in [0, 0.05) is 24.7 Å². The first-order valence-corrected chi connectivity index (χ1v) is 11.9. The molecule has 1 fully saturated rings. The number of benzene rings is 1. The second-order valence-corrected chi connectivity index (χ2v) is 8.96. The highest BCUT2D eigenvalue weighted by Crippen LogP contribution is 2.27. The first-order chi connectivity index (χ1) is 15.8. The summed E-state index contributed by atoms with van der Waals surface area (Å²) in [7, 11) is 0. The van der Waals surface area contributed by atoms with Crippen LogP contribution in [0, 0.1) is 0 Å². The number of hydrogen-bond donors (Lipinski definition) is 2. The van der Waals surface area contributed by atoms with Crippen LogP contribution in [0.3, 0.4) is 0 Å². The van der Waals surface area contributed by atoms with Crippen molar-refractivity contribution in [2.24, 2.45) is 0 Å². The monoisotopic (exact) mass is 432 g/mol. The van der Waals surface area contributed by atoms with Crippen molar-refractivity contribution in [1.29, 1.82) is 0 Å². The fourth-order valence-corrected chi connectivity index (χ4v) is 5.05. The molecule has 1 aromatic carbocycles. The van der Waals surface area contributed by atoms with Gasteiger partial charge in [0.15, 0.2) is 5.65 Å². The van der Waals surface area contributed by atoms with Crippen LogP contribution >= 0.6 is 0 Å². The molecule has 2 aliphatic rings. The van der Waals surface area contributed by atoms with Crippen molar-refractivity contribution in [3.8, 4) is 0 Å². The average Bonchev–Trinajstić information content (AvgIpc) is 3.34. The van der Waals surface area contributed by atoms with Gasteiger partial charge in [-0.3, -0.25) is 9.89 Å². The summed E-state index contributed by atoms with van der Waals surface area (Å²) in [4.78, 5) is 22.6. The molecule has 7 nitrogen and oxygen atoms in total. The molecule has 1 saturated heterocycles. The Kier molecular flexibility index (Phi) is 6.46. The van der Waals surface area contributed by atoms with Gasteiger partial charge in [-0.1, -0.05) is 36.8 Å². The number of aromatic nitrogens is 3. The summed E-state index contributed by atoms with van der Waals surface area (Å²) in [5.74, 6) is 0.145. The third-order valence-corrected chi connectivity index (χ3v) is 6.81. The molecule has 168 valence electrons. The van der Waals surface area contributed by atoms with E-state index in [-0.39, 0.29) is 11.9 Å². The molecule has 2 N–H and O–H groups in total. The fourth-order valence-electron chi connectivity index (χ4n) is 5.05. The Morgan fingerprint density at radius 1 is 1.09 bits per heavy atom. The number of nitrogens with zero attached hydrogens (tertiary/aromatic N) is 4. The van der Waals surface area contributed by atoms with E-state index in [2.05, 4.69) is 37.5 Å². The Morgan fingerprint density at radius 3 is 2.78 bits per heavy atom. The van der Waals surface area contributed by atoms with Gasteiger partial charge in [0.05, 0.1) is 6.20 Å². The van der Waals surface area contributed by atoms with Gasteiger partial charge in [0.2, 0.25) is 5.91 Å². The van der Waals surface area contributed by atoms with Crippen molar-refractivity contribution in [1.82, 2.24) is 30.3 Å². The Bertz CT molecular complexity index is 1040. The first kappa shape index (κ1) is 21.1. The van der Waals surface area contributed by atoms with E-state index in [1.807, 2.05) is 35.5 Å². The second-order valence-electron chi connectivity index (χ2n) is 8.96. The van der Waals surface area contributed by atoms with E-state index in [0.29, 0.717) is 6.54 Å². The summed E-state index contributed by atoms with van der Waals surface area (Å²) >= 11 is 0. The third kappa shape index (κ3) is 4.54. The number of H-pyrrole nitrogens is 1. The maximum atomic E-state index is 13.6. The van der Waals surface area contributed by atoms with Gasteiger partial charge < -0.3 is 15.1 Å². The highest BCUT2D eigenvalue weighted by atomic mass is 16.2. The zero-order chi connectivity index (χ0) is 21.8. The normalized spacial score (nSPS) is 17.9. The molecule has 0 radical (unpaired) electrons.